The monoisotopic (exact) mass is 423 g/mol. The van der Waals surface area contributed by atoms with Gasteiger partial charge in [0.15, 0.2) is 0 Å². The highest BCUT2D eigenvalue weighted by Crippen LogP contribution is 2.22. The van der Waals surface area contributed by atoms with Gasteiger partial charge in [0.05, 0.1) is 20.3 Å². The van der Waals surface area contributed by atoms with Crippen LogP contribution in [-0.4, -0.2) is 59.1 Å². The van der Waals surface area contributed by atoms with Crippen molar-refractivity contribution < 1.29 is 14.3 Å². The molecule has 0 radical (unpaired) electrons. The maximum Gasteiger partial charge on any atom is 0.262 e. The number of rotatable bonds is 6. The lowest BCUT2D eigenvalue weighted by Gasteiger charge is -2.28. The second-order valence-corrected chi connectivity index (χ2v) is 7.17. The molecule has 31 heavy (non-hydrogen) atoms. The second-order valence-electron chi connectivity index (χ2n) is 7.17. The summed E-state index contributed by atoms with van der Waals surface area (Å²) in [6.45, 7) is 4.97. The molecule has 1 saturated heterocycles. The van der Waals surface area contributed by atoms with Crippen LogP contribution in [0.4, 0.5) is 23.1 Å². The molecular formula is C21H25N7O3. The molecular weight excluding hydrogens is 398 g/mol. The van der Waals surface area contributed by atoms with Crippen LogP contribution in [0, 0.1) is 6.92 Å². The van der Waals surface area contributed by atoms with Crippen LogP contribution >= 0.6 is 0 Å². The number of benzene rings is 1. The lowest BCUT2D eigenvalue weighted by atomic mass is 10.2. The minimum Gasteiger partial charge on any atom is -0.479 e. The third-order valence-electron chi connectivity index (χ3n) is 4.81. The van der Waals surface area contributed by atoms with E-state index in [1.807, 2.05) is 37.3 Å². The average molecular weight is 423 g/mol. The van der Waals surface area contributed by atoms with Crippen molar-refractivity contribution >= 4 is 29.0 Å². The quantitative estimate of drug-likeness (QED) is 0.622. The Labute approximate surface area is 180 Å². The molecule has 1 aromatic carbocycles. The van der Waals surface area contributed by atoms with E-state index < -0.39 is 0 Å². The molecule has 1 aliphatic rings. The van der Waals surface area contributed by atoms with Gasteiger partial charge in [0.2, 0.25) is 11.8 Å². The highest BCUT2D eigenvalue weighted by atomic mass is 16.5. The van der Waals surface area contributed by atoms with E-state index in [4.69, 9.17) is 9.47 Å². The number of carbonyl (C=O) groups excluding carboxylic acids is 1. The number of aromatic nitrogens is 4. The lowest BCUT2D eigenvalue weighted by Crippen LogP contribution is -2.36. The zero-order valence-electron chi connectivity index (χ0n) is 17.8. The number of nitrogens with one attached hydrogen (secondary N) is 2. The molecule has 1 aliphatic heterocycles. The van der Waals surface area contributed by atoms with E-state index in [0.29, 0.717) is 30.4 Å². The summed E-state index contributed by atoms with van der Waals surface area (Å²) in [4.78, 5) is 23.8. The first-order valence-corrected chi connectivity index (χ1v) is 9.96. The summed E-state index contributed by atoms with van der Waals surface area (Å²) < 4.78 is 12.1. The second kappa shape index (κ2) is 9.00. The summed E-state index contributed by atoms with van der Waals surface area (Å²) in [5.74, 6) is 1.40. The maximum atomic E-state index is 12.5. The Hall–Kier alpha value is -3.66. The van der Waals surface area contributed by atoms with Gasteiger partial charge < -0.3 is 25.0 Å². The number of methoxy groups -OCH3 is 1. The van der Waals surface area contributed by atoms with Gasteiger partial charge >= 0.3 is 0 Å². The van der Waals surface area contributed by atoms with E-state index in [0.717, 1.165) is 30.3 Å². The van der Waals surface area contributed by atoms with E-state index >= 15 is 0 Å². The minimum atomic E-state index is -0.289. The fourth-order valence-corrected chi connectivity index (χ4v) is 3.30. The van der Waals surface area contributed by atoms with Crippen molar-refractivity contribution in [3.63, 3.8) is 0 Å². The summed E-state index contributed by atoms with van der Waals surface area (Å²) in [6, 6.07) is 9.30. The molecule has 4 rings (SSSR count). The molecule has 0 aliphatic carbocycles. The van der Waals surface area contributed by atoms with Crippen LogP contribution in [0.2, 0.25) is 0 Å². The van der Waals surface area contributed by atoms with Crippen LogP contribution in [0.5, 0.6) is 5.88 Å². The van der Waals surface area contributed by atoms with E-state index in [9.17, 15) is 4.79 Å². The van der Waals surface area contributed by atoms with Crippen LogP contribution in [0.25, 0.3) is 0 Å². The van der Waals surface area contributed by atoms with E-state index in [2.05, 4.69) is 30.6 Å². The summed E-state index contributed by atoms with van der Waals surface area (Å²) in [6.07, 6.45) is 1.62. The van der Waals surface area contributed by atoms with Crippen LogP contribution in [0.1, 0.15) is 16.1 Å². The number of carbonyl (C=O) groups is 1. The number of hydrogen-bond donors (Lipinski definition) is 2. The van der Waals surface area contributed by atoms with Gasteiger partial charge in [-0.2, -0.15) is 4.98 Å². The maximum absolute atomic E-state index is 12.5. The number of nitrogens with zero attached hydrogens (tertiary/aromatic N) is 5. The molecule has 10 heteroatoms. The SMILES string of the molecule is COc1nn(C)cc1C(=O)Nc1ccc(Nc2nc(C)cc(N3CCOCC3)n2)cc1. The number of anilines is 4. The Kier molecular flexibility index (Phi) is 5.99. The Morgan fingerprint density at radius 3 is 2.55 bits per heavy atom. The van der Waals surface area contributed by atoms with Crippen molar-refractivity contribution in [1.29, 1.82) is 0 Å². The van der Waals surface area contributed by atoms with E-state index in [-0.39, 0.29) is 11.8 Å². The first-order chi connectivity index (χ1) is 15.0. The van der Waals surface area contributed by atoms with E-state index in [1.54, 1.807) is 13.2 Å². The highest BCUT2D eigenvalue weighted by Gasteiger charge is 2.17. The molecule has 162 valence electrons. The highest BCUT2D eigenvalue weighted by molar-refractivity contribution is 6.05. The average Bonchev–Trinajstić information content (AvgIpc) is 3.16. The molecule has 0 atom stereocenters. The Morgan fingerprint density at radius 2 is 1.84 bits per heavy atom. The molecule has 2 N–H and O–H groups in total. The van der Waals surface area contributed by atoms with Gasteiger partial charge in [-0.1, -0.05) is 0 Å². The molecule has 0 spiro atoms. The minimum absolute atomic E-state index is 0.283. The van der Waals surface area contributed by atoms with Crippen molar-refractivity contribution in [2.24, 2.45) is 7.05 Å². The molecule has 3 aromatic rings. The number of hydrogen-bond acceptors (Lipinski definition) is 8. The fourth-order valence-electron chi connectivity index (χ4n) is 3.30. The molecule has 0 bridgehead atoms. The first kappa shape index (κ1) is 20.6. The fraction of sp³-hybridized carbons (Fsp3) is 0.333. The van der Waals surface area contributed by atoms with Gasteiger partial charge in [0.1, 0.15) is 11.4 Å². The van der Waals surface area contributed by atoms with Gasteiger partial charge in [-0.05, 0) is 31.2 Å². The normalized spacial score (nSPS) is 13.7. The van der Waals surface area contributed by atoms with Crippen molar-refractivity contribution in [1.82, 2.24) is 19.7 Å². The third kappa shape index (κ3) is 4.92. The predicted molar refractivity (Wildman–Crippen MR) is 117 cm³/mol. The Balaban J connectivity index is 1.44. The summed E-state index contributed by atoms with van der Waals surface area (Å²) >= 11 is 0. The number of morpholine rings is 1. The van der Waals surface area contributed by atoms with Gasteiger partial charge in [0, 0.05) is 49.5 Å². The van der Waals surface area contributed by atoms with Gasteiger partial charge in [-0.15, -0.1) is 5.10 Å². The number of ether oxygens (including phenoxy) is 2. The number of amides is 1. The number of aryl methyl sites for hydroxylation is 2. The Morgan fingerprint density at radius 1 is 1.13 bits per heavy atom. The lowest BCUT2D eigenvalue weighted by molar-refractivity contribution is 0.102. The van der Waals surface area contributed by atoms with Gasteiger partial charge in [-0.25, -0.2) is 4.98 Å². The van der Waals surface area contributed by atoms with Crippen LogP contribution in [0.3, 0.4) is 0 Å². The zero-order valence-corrected chi connectivity index (χ0v) is 17.8. The van der Waals surface area contributed by atoms with Crippen LogP contribution in [-0.2, 0) is 11.8 Å². The molecule has 0 saturated carbocycles. The zero-order chi connectivity index (χ0) is 21.8. The third-order valence-corrected chi connectivity index (χ3v) is 4.81. The van der Waals surface area contributed by atoms with Gasteiger partial charge in [-0.3, -0.25) is 9.48 Å². The largest absolute Gasteiger partial charge is 0.479 e. The summed E-state index contributed by atoms with van der Waals surface area (Å²) in [5, 5.41) is 10.2. The molecule has 0 unspecified atom stereocenters. The first-order valence-electron chi connectivity index (χ1n) is 9.96. The predicted octanol–water partition coefficient (Wildman–Crippen LogP) is 2.36. The summed E-state index contributed by atoms with van der Waals surface area (Å²) in [5.41, 5.74) is 2.72. The van der Waals surface area contributed by atoms with Crippen LogP contribution < -0.4 is 20.3 Å². The molecule has 2 aromatic heterocycles. The van der Waals surface area contributed by atoms with Crippen molar-refractivity contribution in [2.75, 3.05) is 48.9 Å². The van der Waals surface area contributed by atoms with Crippen molar-refractivity contribution in [2.45, 2.75) is 6.92 Å². The van der Waals surface area contributed by atoms with Crippen molar-refractivity contribution in [3.8, 4) is 5.88 Å². The van der Waals surface area contributed by atoms with Crippen molar-refractivity contribution in [3.05, 3.63) is 47.8 Å². The topological polar surface area (TPSA) is 106 Å². The van der Waals surface area contributed by atoms with Gasteiger partial charge in [0.25, 0.3) is 5.91 Å². The molecule has 10 nitrogen and oxygen atoms in total. The molecule has 1 fully saturated rings. The standard InChI is InChI=1S/C21H25N7O3/c1-14-12-18(28-8-10-31-11-9-28)25-21(22-14)24-16-6-4-15(5-7-16)23-19(29)17-13-27(2)26-20(17)30-3/h4-7,12-13H,8-11H2,1-3H3,(H,23,29)(H,22,24,25). The van der Waals surface area contributed by atoms with Crippen LogP contribution in [0.15, 0.2) is 36.5 Å². The van der Waals surface area contributed by atoms with E-state index in [1.165, 1.54) is 11.8 Å². The smallest absolute Gasteiger partial charge is 0.262 e. The summed E-state index contributed by atoms with van der Waals surface area (Å²) in [7, 11) is 3.22. The molecule has 3 heterocycles. The molecule has 1 amide bonds. The Bertz CT molecular complexity index is 1060.